The number of benzene rings is 1. The second kappa shape index (κ2) is 7.32. The van der Waals surface area contributed by atoms with E-state index >= 15 is 0 Å². The molecule has 0 bridgehead atoms. The van der Waals surface area contributed by atoms with E-state index in [1.54, 1.807) is 0 Å². The van der Waals surface area contributed by atoms with Crippen LogP contribution in [-0.4, -0.2) is 6.61 Å². The third kappa shape index (κ3) is 4.69. The predicted molar refractivity (Wildman–Crippen MR) is 70.2 cm³/mol. The zero-order chi connectivity index (χ0) is 11.8. The molecule has 0 unspecified atom stereocenters. The van der Waals surface area contributed by atoms with Gasteiger partial charge in [-0.15, -0.1) is 0 Å². The van der Waals surface area contributed by atoms with Crippen molar-refractivity contribution in [1.29, 1.82) is 0 Å². The summed E-state index contributed by atoms with van der Waals surface area (Å²) in [5.41, 5.74) is 1.37. The highest BCUT2D eigenvalue weighted by Gasteiger charge is 1.99. The largest absolute Gasteiger partial charge is 0.494 e. The van der Waals surface area contributed by atoms with Gasteiger partial charge in [0.15, 0.2) is 0 Å². The Bertz CT molecular complexity index is 274. The quantitative estimate of drug-likeness (QED) is 0.601. The van der Waals surface area contributed by atoms with Crippen LogP contribution in [0.15, 0.2) is 24.3 Å². The first-order valence-electron chi connectivity index (χ1n) is 6.46. The van der Waals surface area contributed by atoms with Gasteiger partial charge in [0.05, 0.1) is 6.61 Å². The lowest BCUT2D eigenvalue weighted by Crippen LogP contribution is -1.97. The minimum atomic E-state index is 0.596. The third-order valence-corrected chi connectivity index (χ3v) is 2.81. The Labute approximate surface area is 99.8 Å². The highest BCUT2D eigenvalue weighted by molar-refractivity contribution is 5.28. The molecular formula is C15H24O. The Kier molecular flexibility index (Phi) is 5.99. The number of rotatable bonds is 7. The molecule has 0 aliphatic carbocycles. The molecule has 0 amide bonds. The van der Waals surface area contributed by atoms with Crippen LogP contribution in [0.5, 0.6) is 5.75 Å². The number of hydrogen-bond acceptors (Lipinski definition) is 1. The maximum Gasteiger partial charge on any atom is 0.119 e. The van der Waals surface area contributed by atoms with E-state index in [9.17, 15) is 0 Å². The van der Waals surface area contributed by atoms with Crippen molar-refractivity contribution in [3.63, 3.8) is 0 Å². The third-order valence-electron chi connectivity index (χ3n) is 2.81. The van der Waals surface area contributed by atoms with Gasteiger partial charge in [-0.05, 0) is 30.0 Å². The topological polar surface area (TPSA) is 9.23 Å². The molecule has 0 heterocycles. The molecule has 0 fully saturated rings. The summed E-state index contributed by atoms with van der Waals surface area (Å²) in [7, 11) is 0. The molecule has 1 heteroatoms. The zero-order valence-electron chi connectivity index (χ0n) is 10.8. The first-order valence-corrected chi connectivity index (χ1v) is 6.46. The molecule has 1 aromatic carbocycles. The second-order valence-corrected chi connectivity index (χ2v) is 4.63. The van der Waals surface area contributed by atoms with Crippen molar-refractivity contribution >= 4 is 0 Å². The average Bonchev–Trinajstić information content (AvgIpc) is 2.29. The van der Waals surface area contributed by atoms with Crippen molar-refractivity contribution in [2.24, 2.45) is 0 Å². The summed E-state index contributed by atoms with van der Waals surface area (Å²) in [6.07, 6.45) is 5.04. The van der Waals surface area contributed by atoms with Crippen LogP contribution in [0.1, 0.15) is 57.9 Å². The Morgan fingerprint density at radius 2 is 1.69 bits per heavy atom. The summed E-state index contributed by atoms with van der Waals surface area (Å²) < 4.78 is 5.69. The number of hydrogen-bond donors (Lipinski definition) is 0. The van der Waals surface area contributed by atoms with E-state index in [4.69, 9.17) is 4.74 Å². The van der Waals surface area contributed by atoms with Gasteiger partial charge >= 0.3 is 0 Å². The smallest absolute Gasteiger partial charge is 0.119 e. The molecule has 16 heavy (non-hydrogen) atoms. The van der Waals surface area contributed by atoms with Crippen LogP contribution < -0.4 is 4.74 Å². The van der Waals surface area contributed by atoms with Crippen LogP contribution in [-0.2, 0) is 0 Å². The first-order chi connectivity index (χ1) is 7.74. The molecule has 0 atom stereocenters. The number of ether oxygens (including phenoxy) is 1. The summed E-state index contributed by atoms with van der Waals surface area (Å²) in [5.74, 6) is 1.60. The van der Waals surface area contributed by atoms with Crippen LogP contribution >= 0.6 is 0 Å². The van der Waals surface area contributed by atoms with Crippen molar-refractivity contribution in [3.8, 4) is 5.75 Å². The summed E-state index contributed by atoms with van der Waals surface area (Å²) in [5, 5.41) is 0. The summed E-state index contributed by atoms with van der Waals surface area (Å²) in [4.78, 5) is 0. The van der Waals surface area contributed by atoms with E-state index in [1.807, 2.05) is 0 Å². The van der Waals surface area contributed by atoms with Crippen LogP contribution in [0.4, 0.5) is 0 Å². The molecule has 0 saturated carbocycles. The lowest BCUT2D eigenvalue weighted by atomic mass is 10.0. The minimum absolute atomic E-state index is 0.596. The Morgan fingerprint density at radius 3 is 2.25 bits per heavy atom. The van der Waals surface area contributed by atoms with Crippen LogP contribution in [0.2, 0.25) is 0 Å². The Hall–Kier alpha value is -0.980. The van der Waals surface area contributed by atoms with Crippen molar-refractivity contribution < 1.29 is 4.74 Å². The molecule has 0 aliphatic rings. The summed E-state index contributed by atoms with van der Waals surface area (Å²) >= 11 is 0. The van der Waals surface area contributed by atoms with Crippen LogP contribution in [0.3, 0.4) is 0 Å². The van der Waals surface area contributed by atoms with Crippen molar-refractivity contribution in [2.45, 2.75) is 52.4 Å². The molecule has 0 saturated heterocycles. The standard InChI is InChI=1S/C15H24O/c1-4-5-6-7-12-16-15-10-8-14(9-11-15)13(2)3/h8-11,13H,4-7,12H2,1-3H3. The monoisotopic (exact) mass is 220 g/mol. The highest BCUT2D eigenvalue weighted by atomic mass is 16.5. The molecule has 0 N–H and O–H groups in total. The molecule has 1 rings (SSSR count). The van der Waals surface area contributed by atoms with E-state index in [0.717, 1.165) is 12.4 Å². The van der Waals surface area contributed by atoms with Crippen molar-refractivity contribution in [2.75, 3.05) is 6.61 Å². The molecule has 1 aromatic rings. The van der Waals surface area contributed by atoms with Gasteiger partial charge < -0.3 is 4.74 Å². The van der Waals surface area contributed by atoms with Gasteiger partial charge in [0, 0.05) is 0 Å². The number of unbranched alkanes of at least 4 members (excludes halogenated alkanes) is 3. The fourth-order valence-electron chi connectivity index (χ4n) is 1.67. The maximum absolute atomic E-state index is 5.69. The molecule has 0 radical (unpaired) electrons. The zero-order valence-corrected chi connectivity index (χ0v) is 10.8. The van der Waals surface area contributed by atoms with E-state index < -0.39 is 0 Å². The second-order valence-electron chi connectivity index (χ2n) is 4.63. The fourth-order valence-corrected chi connectivity index (χ4v) is 1.67. The van der Waals surface area contributed by atoms with Crippen LogP contribution in [0.25, 0.3) is 0 Å². The summed E-state index contributed by atoms with van der Waals surface area (Å²) in [6, 6.07) is 8.47. The van der Waals surface area contributed by atoms with Crippen LogP contribution in [0, 0.1) is 0 Å². The molecular weight excluding hydrogens is 196 g/mol. The average molecular weight is 220 g/mol. The normalized spacial score (nSPS) is 10.8. The summed E-state index contributed by atoms with van der Waals surface area (Å²) in [6.45, 7) is 7.49. The fraction of sp³-hybridized carbons (Fsp3) is 0.600. The molecule has 0 aromatic heterocycles. The van der Waals surface area contributed by atoms with Crippen molar-refractivity contribution in [1.82, 2.24) is 0 Å². The lowest BCUT2D eigenvalue weighted by molar-refractivity contribution is 0.305. The molecule has 0 aliphatic heterocycles. The highest BCUT2D eigenvalue weighted by Crippen LogP contribution is 2.18. The minimum Gasteiger partial charge on any atom is -0.494 e. The first kappa shape index (κ1) is 13.1. The van der Waals surface area contributed by atoms with Crippen molar-refractivity contribution in [3.05, 3.63) is 29.8 Å². The van der Waals surface area contributed by atoms with Gasteiger partial charge in [0.2, 0.25) is 0 Å². The van der Waals surface area contributed by atoms with Gasteiger partial charge in [-0.25, -0.2) is 0 Å². The van der Waals surface area contributed by atoms with Gasteiger partial charge in [-0.1, -0.05) is 52.2 Å². The molecule has 90 valence electrons. The van der Waals surface area contributed by atoms with E-state index in [0.29, 0.717) is 5.92 Å². The molecule has 1 nitrogen and oxygen atoms in total. The van der Waals surface area contributed by atoms with Gasteiger partial charge in [-0.3, -0.25) is 0 Å². The Balaban J connectivity index is 2.27. The lowest BCUT2D eigenvalue weighted by Gasteiger charge is -2.08. The predicted octanol–water partition coefficient (Wildman–Crippen LogP) is 4.77. The van der Waals surface area contributed by atoms with Gasteiger partial charge in [-0.2, -0.15) is 0 Å². The SMILES string of the molecule is CCCCCCOc1ccc(C(C)C)cc1. The van der Waals surface area contributed by atoms with E-state index in [-0.39, 0.29) is 0 Å². The Morgan fingerprint density at radius 1 is 1.00 bits per heavy atom. The van der Waals surface area contributed by atoms with Gasteiger partial charge in [0.1, 0.15) is 5.75 Å². The van der Waals surface area contributed by atoms with E-state index in [1.165, 1.54) is 31.2 Å². The van der Waals surface area contributed by atoms with Gasteiger partial charge in [0.25, 0.3) is 0 Å². The molecule has 0 spiro atoms. The van der Waals surface area contributed by atoms with E-state index in [2.05, 4.69) is 45.0 Å². The maximum atomic E-state index is 5.69.